The monoisotopic (exact) mass is 571 g/mol. The molecule has 3 aromatic rings. The lowest BCUT2D eigenvalue weighted by molar-refractivity contribution is -0.135. The number of hydrogen-bond donors (Lipinski definition) is 0. The van der Waals surface area contributed by atoms with Crippen molar-refractivity contribution in [3.05, 3.63) is 68.6 Å². The molecular weight excluding hydrogens is 550 g/mol. The molecule has 9 heteroatoms. The Hall–Kier alpha value is -2.55. The van der Waals surface area contributed by atoms with Crippen LogP contribution >= 0.6 is 39.3 Å². The van der Waals surface area contributed by atoms with Gasteiger partial charge in [-0.15, -0.1) is 0 Å². The van der Waals surface area contributed by atoms with Crippen LogP contribution in [0.2, 0.25) is 5.02 Å². The summed E-state index contributed by atoms with van der Waals surface area (Å²) < 4.78 is 2.82. The maximum atomic E-state index is 13.2. The van der Waals surface area contributed by atoms with Crippen molar-refractivity contribution in [3.8, 4) is 0 Å². The molecule has 1 aromatic heterocycles. The maximum absolute atomic E-state index is 13.2. The van der Waals surface area contributed by atoms with Crippen molar-refractivity contribution in [1.29, 1.82) is 0 Å². The molecule has 0 aliphatic carbocycles. The van der Waals surface area contributed by atoms with Crippen molar-refractivity contribution in [2.75, 3.05) is 11.4 Å². The molecule has 0 N–H and O–H groups in total. The molecule has 1 atom stereocenters. The van der Waals surface area contributed by atoms with Gasteiger partial charge in [-0.3, -0.25) is 14.4 Å². The van der Waals surface area contributed by atoms with E-state index in [4.69, 9.17) is 11.6 Å². The van der Waals surface area contributed by atoms with Crippen molar-refractivity contribution in [1.82, 2.24) is 9.47 Å². The Balaban J connectivity index is 1.49. The third-order valence-electron chi connectivity index (χ3n) is 6.45. The standard InChI is InChI=1S/C26H23BrClN3O3S/c1-16-5-2-3-10-30(16)24(32)15-29-14-17(21-12-18(27)8-9-22(21)29)11-23-25(33)31(26(34)35-23)20-7-4-6-19(28)13-20/h4,6-9,11-14,16H,2-3,5,10,15H2,1H3/b23-11-/t16-/m0/s1. The smallest absolute Gasteiger partial charge is 0.298 e. The van der Waals surface area contributed by atoms with Crippen LogP contribution in [0.25, 0.3) is 17.0 Å². The van der Waals surface area contributed by atoms with Gasteiger partial charge >= 0.3 is 0 Å². The Morgan fingerprint density at radius 1 is 1.20 bits per heavy atom. The van der Waals surface area contributed by atoms with Gasteiger partial charge in [0, 0.05) is 44.7 Å². The molecule has 6 nitrogen and oxygen atoms in total. The highest BCUT2D eigenvalue weighted by atomic mass is 79.9. The normalized spacial score (nSPS) is 19.9. The number of halogens is 2. The Morgan fingerprint density at radius 2 is 2.03 bits per heavy atom. The fourth-order valence-electron chi connectivity index (χ4n) is 4.69. The lowest BCUT2D eigenvalue weighted by Gasteiger charge is -2.33. The summed E-state index contributed by atoms with van der Waals surface area (Å²) in [6.07, 6.45) is 6.83. The van der Waals surface area contributed by atoms with Gasteiger partial charge in [-0.25, -0.2) is 4.90 Å². The van der Waals surface area contributed by atoms with E-state index in [1.165, 1.54) is 0 Å². The highest BCUT2D eigenvalue weighted by Crippen LogP contribution is 2.38. The van der Waals surface area contributed by atoms with Crippen LogP contribution in [0.1, 0.15) is 31.7 Å². The van der Waals surface area contributed by atoms with E-state index in [2.05, 4.69) is 22.9 Å². The number of aromatic nitrogens is 1. The summed E-state index contributed by atoms with van der Waals surface area (Å²) in [4.78, 5) is 42.4. The number of carbonyl (C=O) groups is 3. The number of rotatable bonds is 4. The summed E-state index contributed by atoms with van der Waals surface area (Å²) in [6.45, 7) is 3.11. The number of nitrogens with zero attached hydrogens (tertiary/aromatic N) is 3. The molecule has 2 aliphatic heterocycles. The molecule has 2 fully saturated rings. The average Bonchev–Trinajstić information content (AvgIpc) is 3.29. The second-order valence-electron chi connectivity index (χ2n) is 8.80. The first-order chi connectivity index (χ1) is 16.8. The Morgan fingerprint density at radius 3 is 2.80 bits per heavy atom. The number of carbonyl (C=O) groups excluding carboxylic acids is 3. The molecule has 0 spiro atoms. The van der Waals surface area contributed by atoms with Crippen molar-refractivity contribution >= 4 is 79.0 Å². The fraction of sp³-hybridized carbons (Fsp3) is 0.269. The van der Waals surface area contributed by atoms with Crippen molar-refractivity contribution in [2.24, 2.45) is 0 Å². The number of anilines is 1. The van der Waals surface area contributed by atoms with Gasteiger partial charge in [0.1, 0.15) is 6.54 Å². The molecule has 3 amide bonds. The summed E-state index contributed by atoms with van der Waals surface area (Å²) in [5, 5.41) is 0.974. The van der Waals surface area contributed by atoms with Crippen LogP contribution in [0.4, 0.5) is 10.5 Å². The molecule has 5 rings (SSSR count). The van der Waals surface area contributed by atoms with Crippen LogP contribution in [-0.2, 0) is 16.1 Å². The third-order valence-corrected chi connectivity index (χ3v) is 8.05. The number of hydrogen-bond acceptors (Lipinski definition) is 4. The summed E-state index contributed by atoms with van der Waals surface area (Å²) in [5.41, 5.74) is 2.11. The minimum atomic E-state index is -0.392. The van der Waals surface area contributed by atoms with Crippen molar-refractivity contribution in [2.45, 2.75) is 38.8 Å². The molecule has 0 saturated carbocycles. The average molecular weight is 573 g/mol. The first-order valence-electron chi connectivity index (χ1n) is 11.4. The van der Waals surface area contributed by atoms with Crippen LogP contribution in [0.15, 0.2) is 58.0 Å². The number of piperidine rings is 1. The van der Waals surface area contributed by atoms with E-state index in [9.17, 15) is 14.4 Å². The topological polar surface area (TPSA) is 62.6 Å². The van der Waals surface area contributed by atoms with E-state index < -0.39 is 5.91 Å². The molecule has 180 valence electrons. The summed E-state index contributed by atoms with van der Waals surface area (Å²) >= 11 is 10.5. The van der Waals surface area contributed by atoms with Gasteiger partial charge in [0.15, 0.2) is 0 Å². The predicted molar refractivity (Wildman–Crippen MR) is 145 cm³/mol. The quantitative estimate of drug-likeness (QED) is 0.327. The Bertz CT molecular complexity index is 1390. The minimum Gasteiger partial charge on any atom is -0.338 e. The summed E-state index contributed by atoms with van der Waals surface area (Å²) in [7, 11) is 0. The van der Waals surface area contributed by atoms with Gasteiger partial charge in [-0.1, -0.05) is 33.6 Å². The number of fused-ring (bicyclic) bond motifs is 1. The van der Waals surface area contributed by atoms with Crippen LogP contribution in [-0.4, -0.2) is 39.1 Å². The van der Waals surface area contributed by atoms with Gasteiger partial charge in [0.25, 0.3) is 11.1 Å². The number of benzene rings is 2. The molecule has 3 heterocycles. The molecule has 0 unspecified atom stereocenters. The van der Waals surface area contributed by atoms with E-state index in [1.54, 1.807) is 30.3 Å². The lowest BCUT2D eigenvalue weighted by Crippen LogP contribution is -2.43. The van der Waals surface area contributed by atoms with Crippen molar-refractivity contribution in [3.63, 3.8) is 0 Å². The highest BCUT2D eigenvalue weighted by molar-refractivity contribution is 9.10. The first-order valence-corrected chi connectivity index (χ1v) is 13.4. The van der Waals surface area contributed by atoms with E-state index in [1.807, 2.05) is 33.9 Å². The van der Waals surface area contributed by atoms with E-state index in [0.717, 1.165) is 63.4 Å². The summed E-state index contributed by atoms with van der Waals surface area (Å²) in [6, 6.07) is 12.8. The van der Waals surface area contributed by atoms with Gasteiger partial charge in [-0.05, 0) is 80.4 Å². The molecule has 2 aromatic carbocycles. The predicted octanol–water partition coefficient (Wildman–Crippen LogP) is 6.70. The Kier molecular flexibility index (Phi) is 6.79. The van der Waals surface area contributed by atoms with Gasteiger partial charge < -0.3 is 9.47 Å². The highest BCUT2D eigenvalue weighted by Gasteiger charge is 2.36. The zero-order chi connectivity index (χ0) is 24.7. The largest absolute Gasteiger partial charge is 0.338 e. The lowest BCUT2D eigenvalue weighted by atomic mass is 10.0. The molecule has 2 saturated heterocycles. The maximum Gasteiger partial charge on any atom is 0.298 e. The minimum absolute atomic E-state index is 0.0878. The number of imide groups is 1. The third kappa shape index (κ3) is 4.79. The molecule has 0 radical (unpaired) electrons. The van der Waals surface area contributed by atoms with Crippen molar-refractivity contribution < 1.29 is 14.4 Å². The zero-order valence-electron chi connectivity index (χ0n) is 19.0. The second-order valence-corrected chi connectivity index (χ2v) is 11.1. The van der Waals surface area contributed by atoms with Crippen LogP contribution in [0.3, 0.4) is 0 Å². The van der Waals surface area contributed by atoms with E-state index in [0.29, 0.717) is 15.6 Å². The van der Waals surface area contributed by atoms with E-state index in [-0.39, 0.29) is 23.7 Å². The van der Waals surface area contributed by atoms with Gasteiger partial charge in [0.2, 0.25) is 5.91 Å². The number of amides is 3. The number of thioether (sulfide) groups is 1. The molecule has 35 heavy (non-hydrogen) atoms. The Labute approximate surface area is 221 Å². The molecule has 0 bridgehead atoms. The zero-order valence-corrected chi connectivity index (χ0v) is 22.2. The van der Waals surface area contributed by atoms with Crippen LogP contribution in [0.5, 0.6) is 0 Å². The fourth-order valence-corrected chi connectivity index (χ4v) is 6.07. The molecule has 2 aliphatic rings. The molecular formula is C26H23BrClN3O3S. The second kappa shape index (κ2) is 9.84. The van der Waals surface area contributed by atoms with Crippen LogP contribution in [0, 0.1) is 0 Å². The van der Waals surface area contributed by atoms with Crippen LogP contribution < -0.4 is 4.90 Å². The first kappa shape index (κ1) is 24.2. The van der Waals surface area contributed by atoms with Gasteiger partial charge in [-0.2, -0.15) is 0 Å². The SMILES string of the molecule is C[C@H]1CCCCN1C(=O)Cn1cc(/C=C2\SC(=O)N(c3cccc(Cl)c3)C2=O)c2cc(Br)ccc21. The van der Waals surface area contributed by atoms with E-state index >= 15 is 0 Å². The summed E-state index contributed by atoms with van der Waals surface area (Å²) in [5.74, 6) is -0.304. The number of likely N-dealkylation sites (tertiary alicyclic amines) is 1. The van der Waals surface area contributed by atoms with Gasteiger partial charge in [0.05, 0.1) is 10.6 Å².